The Bertz CT molecular complexity index is 1020. The lowest BCUT2D eigenvalue weighted by Crippen LogP contribution is -1.97. The number of hydrogen-bond donors (Lipinski definition) is 1. The molecule has 0 amide bonds. The number of fused-ring (bicyclic) bond motifs is 1. The van der Waals surface area contributed by atoms with Crippen LogP contribution in [0.15, 0.2) is 61.2 Å². The molecule has 0 radical (unpaired) electrons. The minimum atomic E-state index is -0.533. The summed E-state index contributed by atoms with van der Waals surface area (Å²) in [5, 5.41) is 4.21. The second kappa shape index (κ2) is 5.62. The van der Waals surface area contributed by atoms with E-state index in [9.17, 15) is 4.39 Å². The molecule has 0 aliphatic rings. The van der Waals surface area contributed by atoms with Gasteiger partial charge in [-0.2, -0.15) is 5.10 Å². The number of hydrogen-bond acceptors (Lipinski definition) is 5. The molecule has 0 aliphatic heterocycles. The molecule has 0 fully saturated rings. The second-order valence-corrected chi connectivity index (χ2v) is 5.12. The van der Waals surface area contributed by atoms with E-state index in [0.717, 1.165) is 0 Å². The first kappa shape index (κ1) is 14.1. The van der Waals surface area contributed by atoms with E-state index in [4.69, 9.17) is 10.5 Å². The van der Waals surface area contributed by atoms with Crippen molar-refractivity contribution in [3.63, 3.8) is 0 Å². The van der Waals surface area contributed by atoms with Crippen LogP contribution in [0.1, 0.15) is 0 Å². The Kier molecular flexibility index (Phi) is 3.31. The van der Waals surface area contributed by atoms with Crippen molar-refractivity contribution in [2.45, 2.75) is 0 Å². The molecule has 0 unspecified atom stereocenters. The fraction of sp³-hybridized carbons (Fsp3) is 0. The number of rotatable bonds is 3. The summed E-state index contributed by atoms with van der Waals surface area (Å²) in [5.74, 6) is 0.520. The highest BCUT2D eigenvalue weighted by atomic mass is 19.1. The number of nitrogens with zero attached hydrogens (tertiary/aromatic N) is 4. The van der Waals surface area contributed by atoms with Gasteiger partial charge in [0, 0.05) is 35.9 Å². The molecule has 24 heavy (non-hydrogen) atoms. The highest BCUT2D eigenvalue weighted by molar-refractivity contribution is 5.68. The van der Waals surface area contributed by atoms with Gasteiger partial charge in [-0.1, -0.05) is 0 Å². The lowest BCUT2D eigenvalue weighted by molar-refractivity contribution is 0.445. The summed E-state index contributed by atoms with van der Waals surface area (Å²) in [5.41, 5.74) is 7.31. The minimum Gasteiger partial charge on any atom is -0.452 e. The summed E-state index contributed by atoms with van der Waals surface area (Å²) in [7, 11) is 0. The van der Waals surface area contributed by atoms with E-state index < -0.39 is 5.82 Å². The number of halogens is 1. The van der Waals surface area contributed by atoms with Crippen molar-refractivity contribution >= 4 is 11.2 Å². The monoisotopic (exact) mass is 321 g/mol. The molecule has 0 saturated heterocycles. The van der Waals surface area contributed by atoms with Crippen molar-refractivity contribution in [2.75, 3.05) is 5.73 Å². The number of pyridine rings is 1. The van der Waals surface area contributed by atoms with Gasteiger partial charge in [0.25, 0.3) is 0 Å². The predicted molar refractivity (Wildman–Crippen MR) is 87.1 cm³/mol. The zero-order valence-electron chi connectivity index (χ0n) is 12.4. The van der Waals surface area contributed by atoms with Gasteiger partial charge in [0.15, 0.2) is 23.1 Å². The van der Waals surface area contributed by atoms with Crippen molar-refractivity contribution in [1.82, 2.24) is 19.6 Å². The van der Waals surface area contributed by atoms with Gasteiger partial charge < -0.3 is 10.5 Å². The normalized spacial score (nSPS) is 10.9. The molecular weight excluding hydrogens is 309 g/mol. The lowest BCUT2D eigenvalue weighted by Gasteiger charge is -2.10. The zero-order chi connectivity index (χ0) is 16.5. The van der Waals surface area contributed by atoms with Crippen molar-refractivity contribution in [3.05, 3.63) is 67.0 Å². The third-order valence-electron chi connectivity index (χ3n) is 3.47. The quantitative estimate of drug-likeness (QED) is 0.586. The van der Waals surface area contributed by atoms with Gasteiger partial charge in [-0.05, 0) is 30.3 Å². The minimum absolute atomic E-state index is 0.0819. The molecule has 1 aromatic carbocycles. The summed E-state index contributed by atoms with van der Waals surface area (Å²) < 4.78 is 21.4. The van der Waals surface area contributed by atoms with Crippen LogP contribution < -0.4 is 10.5 Å². The fourth-order valence-electron chi connectivity index (χ4n) is 2.37. The first-order valence-corrected chi connectivity index (χ1v) is 7.18. The van der Waals surface area contributed by atoms with Crippen LogP contribution in [0.5, 0.6) is 11.5 Å². The van der Waals surface area contributed by atoms with Gasteiger partial charge in [0.1, 0.15) is 5.52 Å². The molecule has 0 atom stereocenters. The standard InChI is InChI=1S/C17H12FN5O/c18-13-9-12(19)2-3-15(13)24-16-8-11(17-20-5-1-6-21-17)10-23-14(16)4-7-22-23/h1-10H,19H2. The van der Waals surface area contributed by atoms with Crippen LogP contribution in [0.25, 0.3) is 16.9 Å². The second-order valence-electron chi connectivity index (χ2n) is 5.12. The van der Waals surface area contributed by atoms with Crippen LogP contribution >= 0.6 is 0 Å². The Morgan fingerprint density at radius 3 is 2.62 bits per heavy atom. The molecule has 6 nitrogen and oxygen atoms in total. The summed E-state index contributed by atoms with van der Waals surface area (Å²) in [4.78, 5) is 8.44. The van der Waals surface area contributed by atoms with E-state index in [2.05, 4.69) is 15.1 Å². The van der Waals surface area contributed by atoms with Crippen molar-refractivity contribution in [2.24, 2.45) is 0 Å². The average Bonchev–Trinajstić information content (AvgIpc) is 3.07. The number of aromatic nitrogens is 4. The molecule has 2 N–H and O–H groups in total. The molecule has 0 saturated carbocycles. The summed E-state index contributed by atoms with van der Waals surface area (Å²) in [6.45, 7) is 0. The molecule has 0 bridgehead atoms. The van der Waals surface area contributed by atoms with Crippen molar-refractivity contribution < 1.29 is 9.13 Å². The van der Waals surface area contributed by atoms with E-state index >= 15 is 0 Å². The van der Waals surface area contributed by atoms with Gasteiger partial charge in [0.05, 0.1) is 6.20 Å². The van der Waals surface area contributed by atoms with Crippen molar-refractivity contribution in [3.8, 4) is 22.9 Å². The molecular formula is C17H12FN5O. The lowest BCUT2D eigenvalue weighted by atomic mass is 10.2. The molecule has 3 heterocycles. The third kappa shape index (κ3) is 2.52. The van der Waals surface area contributed by atoms with Crippen LogP contribution in [-0.4, -0.2) is 19.6 Å². The maximum absolute atomic E-state index is 14.0. The number of anilines is 1. The maximum Gasteiger partial charge on any atom is 0.167 e. The van der Waals surface area contributed by atoms with Gasteiger partial charge in [-0.15, -0.1) is 0 Å². The largest absolute Gasteiger partial charge is 0.452 e. The Morgan fingerprint density at radius 1 is 1.00 bits per heavy atom. The number of nitrogen functional groups attached to an aromatic ring is 1. The molecule has 3 aromatic heterocycles. The summed E-state index contributed by atoms with van der Waals surface area (Å²) >= 11 is 0. The fourth-order valence-corrected chi connectivity index (χ4v) is 2.37. The van der Waals surface area contributed by atoms with E-state index in [-0.39, 0.29) is 5.75 Å². The van der Waals surface area contributed by atoms with E-state index in [1.165, 1.54) is 12.1 Å². The maximum atomic E-state index is 14.0. The highest BCUT2D eigenvalue weighted by Crippen LogP contribution is 2.31. The predicted octanol–water partition coefficient (Wildman–Crippen LogP) is 3.30. The first-order chi connectivity index (χ1) is 11.7. The molecule has 118 valence electrons. The highest BCUT2D eigenvalue weighted by Gasteiger charge is 2.12. The Morgan fingerprint density at radius 2 is 1.83 bits per heavy atom. The average molecular weight is 321 g/mol. The SMILES string of the molecule is Nc1ccc(Oc2cc(-c3ncccn3)cn3nccc23)c(F)c1. The van der Waals surface area contributed by atoms with Gasteiger partial charge in [-0.3, -0.25) is 0 Å². The van der Waals surface area contributed by atoms with Crippen molar-refractivity contribution in [1.29, 1.82) is 0 Å². The Labute approximate surface area is 136 Å². The van der Waals surface area contributed by atoms with E-state index in [1.54, 1.807) is 53.6 Å². The van der Waals surface area contributed by atoms with E-state index in [1.807, 2.05) is 0 Å². The van der Waals surface area contributed by atoms with Crippen LogP contribution in [-0.2, 0) is 0 Å². The zero-order valence-corrected chi connectivity index (χ0v) is 12.4. The van der Waals surface area contributed by atoms with Gasteiger partial charge in [-0.25, -0.2) is 18.9 Å². The van der Waals surface area contributed by atoms with Crippen LogP contribution in [0.3, 0.4) is 0 Å². The summed E-state index contributed by atoms with van der Waals surface area (Å²) in [6.07, 6.45) is 6.72. The Hall–Kier alpha value is -3.48. The third-order valence-corrected chi connectivity index (χ3v) is 3.47. The van der Waals surface area contributed by atoms with Crippen LogP contribution in [0.4, 0.5) is 10.1 Å². The smallest absolute Gasteiger partial charge is 0.167 e. The molecule has 0 aliphatic carbocycles. The van der Waals surface area contributed by atoms with Crippen LogP contribution in [0, 0.1) is 5.82 Å². The van der Waals surface area contributed by atoms with E-state index in [0.29, 0.717) is 28.3 Å². The first-order valence-electron chi connectivity index (χ1n) is 7.18. The summed E-state index contributed by atoms with van der Waals surface area (Å²) in [6, 6.07) is 9.55. The molecule has 4 aromatic rings. The number of ether oxygens (including phenoxy) is 1. The van der Waals surface area contributed by atoms with Crippen LogP contribution in [0.2, 0.25) is 0 Å². The molecule has 0 spiro atoms. The molecule has 4 rings (SSSR count). The molecule has 7 heteroatoms. The number of benzene rings is 1. The topological polar surface area (TPSA) is 78.3 Å². The Balaban J connectivity index is 1.83. The number of nitrogens with two attached hydrogens (primary N) is 1. The van der Waals surface area contributed by atoms with Gasteiger partial charge in [0.2, 0.25) is 0 Å². The van der Waals surface area contributed by atoms with Gasteiger partial charge >= 0.3 is 0 Å².